The molecule has 8 rings (SSSR count). The number of phenols is 2. The number of hydrogen-bond acceptors (Lipinski definition) is 2. The van der Waals surface area contributed by atoms with Crippen molar-refractivity contribution in [3.05, 3.63) is 206 Å². The summed E-state index contributed by atoms with van der Waals surface area (Å²) < 4.78 is 0. The van der Waals surface area contributed by atoms with Crippen LogP contribution in [-0.2, 0) is 23.3 Å². The van der Waals surface area contributed by atoms with Crippen molar-refractivity contribution in [3.63, 3.8) is 0 Å². The van der Waals surface area contributed by atoms with E-state index in [2.05, 4.69) is 142 Å². The summed E-state index contributed by atoms with van der Waals surface area (Å²) in [7, 11) is 0. The van der Waals surface area contributed by atoms with Gasteiger partial charge in [-0.3, -0.25) is 0 Å². The summed E-state index contributed by atoms with van der Waals surface area (Å²) in [5, 5.41) is 23.8. The normalized spacial score (nSPS) is 9.65. The van der Waals surface area contributed by atoms with Gasteiger partial charge in [-0.25, -0.2) is 0 Å². The van der Waals surface area contributed by atoms with Crippen molar-refractivity contribution in [2.75, 3.05) is 0 Å². The van der Waals surface area contributed by atoms with Crippen molar-refractivity contribution in [1.82, 2.24) is 0 Å². The Bertz CT molecular complexity index is 2110. The number of rotatable bonds is 2. The third-order valence-electron chi connectivity index (χ3n) is 8.84. The maximum atomic E-state index is 9.21. The average Bonchev–Trinajstić information content (AvgIpc) is 3.76. The van der Waals surface area contributed by atoms with E-state index in [4.69, 9.17) is 0 Å². The molecule has 2 radical (unpaired) electrons. The Morgan fingerprint density at radius 3 is 1.00 bits per heavy atom. The summed E-state index contributed by atoms with van der Waals surface area (Å²) in [5.41, 5.74) is 11.7. The Morgan fingerprint density at radius 2 is 0.704 bits per heavy atom. The molecule has 0 aliphatic carbocycles. The summed E-state index contributed by atoms with van der Waals surface area (Å²) in [4.78, 5) is 0. The molecule has 276 valence electrons. The first-order valence-corrected chi connectivity index (χ1v) is 21.5. The second kappa shape index (κ2) is 22.5. The zero-order valence-corrected chi connectivity index (χ0v) is 36.4. The van der Waals surface area contributed by atoms with Gasteiger partial charge in [0.05, 0.1) is 0 Å². The molecular weight excluding hydrogens is 752 g/mol. The molecule has 4 heteroatoms. The van der Waals surface area contributed by atoms with Gasteiger partial charge >= 0.3 is 30.2 Å². The number of para-hydroxylation sites is 2. The number of fused-ring (bicyclic) bond motifs is 2. The van der Waals surface area contributed by atoms with Crippen LogP contribution < -0.4 is 0 Å². The van der Waals surface area contributed by atoms with E-state index in [-0.39, 0.29) is 14.9 Å². The monoisotopic (exact) mass is 802 g/mol. The van der Waals surface area contributed by atoms with Crippen molar-refractivity contribution >= 4 is 28.4 Å². The molecule has 0 spiro atoms. The molecule has 0 saturated heterocycles. The van der Waals surface area contributed by atoms with E-state index in [0.717, 1.165) is 22.3 Å². The van der Waals surface area contributed by atoms with E-state index in [1.54, 1.807) is 0 Å². The van der Waals surface area contributed by atoms with Crippen molar-refractivity contribution < 1.29 is 33.5 Å². The molecule has 0 aliphatic heterocycles. The quantitative estimate of drug-likeness (QED) is 0.135. The molecule has 54 heavy (non-hydrogen) atoms. The fourth-order valence-electron chi connectivity index (χ4n) is 6.12. The minimum atomic E-state index is 0. The third kappa shape index (κ3) is 12.1. The van der Waals surface area contributed by atoms with Crippen LogP contribution in [0.3, 0.4) is 0 Å². The van der Waals surface area contributed by atoms with E-state index >= 15 is 0 Å². The number of aromatic hydroxyl groups is 2. The molecule has 0 fully saturated rings. The third-order valence-corrected chi connectivity index (χ3v) is 8.84. The topological polar surface area (TPSA) is 40.5 Å². The van der Waals surface area contributed by atoms with Gasteiger partial charge in [-0.2, -0.15) is 12.1 Å². The fraction of sp³-hybridized carbons (Fsp3) is 0.120. The van der Waals surface area contributed by atoms with Crippen LogP contribution in [-0.4, -0.2) is 17.1 Å². The molecule has 0 unspecified atom stereocenters. The molecule has 0 aliphatic rings. The van der Waals surface area contributed by atoms with Crippen LogP contribution in [0.15, 0.2) is 158 Å². The van der Waals surface area contributed by atoms with Crippen LogP contribution in [0.5, 0.6) is 11.5 Å². The molecule has 8 aromatic carbocycles. The van der Waals surface area contributed by atoms with E-state index in [1.807, 2.05) is 64.1 Å². The molecule has 0 bridgehead atoms. The molecule has 0 heterocycles. The summed E-state index contributed by atoms with van der Waals surface area (Å²) in [5.74, 6) is 0.829. The molecule has 0 amide bonds. The first-order chi connectivity index (χ1) is 25.1. The fourth-order valence-corrected chi connectivity index (χ4v) is 6.12. The van der Waals surface area contributed by atoms with Crippen LogP contribution in [0, 0.1) is 56.4 Å². The molecule has 2 nitrogen and oxygen atoms in total. The molecule has 0 saturated carbocycles. The second-order valence-corrected chi connectivity index (χ2v) is 12.9. The summed E-state index contributed by atoms with van der Waals surface area (Å²) in [6.07, 6.45) is 0. The van der Waals surface area contributed by atoms with Gasteiger partial charge in [-0.1, -0.05) is 134 Å². The summed E-state index contributed by atoms with van der Waals surface area (Å²) in [6.45, 7) is 14.9. The van der Waals surface area contributed by atoms with Crippen LogP contribution in [0.4, 0.5) is 0 Å². The minimum absolute atomic E-state index is 0. The van der Waals surface area contributed by atoms with Crippen LogP contribution in [0.1, 0.15) is 33.4 Å². The Morgan fingerprint density at radius 1 is 0.407 bits per heavy atom. The van der Waals surface area contributed by atoms with Gasteiger partial charge in [-0.05, 0) is 61.1 Å². The Balaban J connectivity index is 0.000000251. The number of hydrogen-bond donors (Lipinski definition) is 2. The average molecular weight is 804 g/mol. The van der Waals surface area contributed by atoms with Crippen molar-refractivity contribution in [3.8, 4) is 33.8 Å². The predicted molar refractivity (Wildman–Crippen MR) is 233 cm³/mol. The van der Waals surface area contributed by atoms with Gasteiger partial charge in [0.2, 0.25) is 0 Å². The standard InChI is InChI=1S/2C16H13.2C8H10O.2CH3.Si.Zr/c2*1-12-10-14-8-5-9-15(16(14)11-12)13-6-3-2-4-7-13;2*1-6-4-3-5-7(2)8(6)9;;;;/h2*2-11H,1H3;2*3-5,9H,1-2H3;2*1H3;;/q2*-1;;;2*-1;;. The SMILES string of the molecule is Cc1cc2c(-c3ccccc3)cccc2[cH-]1.Cc1cc2c(-c3ccccc3)cccc2[cH-]1.Cc1cccc(C)c1O.Cc1cccc(C)c1O.[CH3-].[CH3-].[Si]=[Zr]. The second-order valence-electron chi connectivity index (χ2n) is 12.9. The van der Waals surface area contributed by atoms with Gasteiger partial charge < -0.3 is 25.1 Å². The van der Waals surface area contributed by atoms with Crippen molar-refractivity contribution in [1.29, 1.82) is 0 Å². The Kier molecular flexibility index (Phi) is 18.9. The first kappa shape index (κ1) is 45.4. The number of phenolic OH excluding ortho intramolecular Hbond substituents is 2. The Hall–Kier alpha value is -4.76. The molecule has 0 aromatic heterocycles. The zero-order chi connectivity index (χ0) is 37.6. The van der Waals surface area contributed by atoms with E-state index in [9.17, 15) is 10.2 Å². The van der Waals surface area contributed by atoms with Crippen LogP contribution >= 0.6 is 0 Å². The van der Waals surface area contributed by atoms with Gasteiger partial charge in [0, 0.05) is 0 Å². The van der Waals surface area contributed by atoms with Gasteiger partial charge in [0.25, 0.3) is 0 Å². The zero-order valence-electron chi connectivity index (χ0n) is 32.9. The first-order valence-electron chi connectivity index (χ1n) is 17.3. The van der Waals surface area contributed by atoms with Gasteiger partial charge in [0.1, 0.15) is 11.5 Å². The number of aryl methyl sites for hydroxylation is 6. The van der Waals surface area contributed by atoms with Crippen molar-refractivity contribution in [2.24, 2.45) is 0 Å². The van der Waals surface area contributed by atoms with Crippen LogP contribution in [0.2, 0.25) is 0 Å². The van der Waals surface area contributed by atoms with E-state index < -0.39 is 0 Å². The van der Waals surface area contributed by atoms with Crippen LogP contribution in [0.25, 0.3) is 43.8 Å². The molecular formula is C50H52O2SiZr-4. The summed E-state index contributed by atoms with van der Waals surface area (Å²) >= 11 is 1.36. The number of benzene rings is 6. The maximum absolute atomic E-state index is 9.21. The summed E-state index contributed by atoms with van der Waals surface area (Å²) in [6, 6.07) is 54.5. The molecule has 8 aromatic rings. The Labute approximate surface area is 341 Å². The predicted octanol–water partition coefficient (Wildman–Crippen LogP) is 13.6. The molecule has 0 atom stereocenters. The van der Waals surface area contributed by atoms with E-state index in [0.29, 0.717) is 11.5 Å². The van der Waals surface area contributed by atoms with E-state index in [1.165, 1.54) is 78.3 Å². The molecule has 2 N–H and O–H groups in total. The van der Waals surface area contributed by atoms with Gasteiger partial charge in [0.15, 0.2) is 0 Å². The van der Waals surface area contributed by atoms with Crippen molar-refractivity contribution in [2.45, 2.75) is 41.5 Å². The van der Waals surface area contributed by atoms with Gasteiger partial charge in [-0.15, -0.1) is 69.1 Å².